The zero-order valence-electron chi connectivity index (χ0n) is 13.3. The zero-order valence-corrected chi connectivity index (χ0v) is 14.0. The Bertz CT molecular complexity index is 580. The lowest BCUT2D eigenvalue weighted by molar-refractivity contribution is -0.131. The van der Waals surface area contributed by atoms with Crippen LogP contribution in [0.1, 0.15) is 18.4 Å². The van der Waals surface area contributed by atoms with Gasteiger partial charge in [-0.15, -0.1) is 0 Å². The molecule has 1 saturated heterocycles. The maximum Gasteiger partial charge on any atom is 0.314 e. The van der Waals surface area contributed by atoms with Gasteiger partial charge < -0.3 is 20.3 Å². The normalized spacial score (nSPS) is 15.2. The number of halogens is 1. The van der Waals surface area contributed by atoms with Gasteiger partial charge in [0.25, 0.3) is 0 Å². The number of urea groups is 1. The van der Waals surface area contributed by atoms with Crippen LogP contribution in [-0.4, -0.2) is 55.0 Å². The summed E-state index contributed by atoms with van der Waals surface area (Å²) in [6.45, 7) is 2.29. The number of benzene rings is 1. The molecule has 7 heteroatoms. The van der Waals surface area contributed by atoms with Gasteiger partial charge in [0, 0.05) is 32.6 Å². The van der Waals surface area contributed by atoms with Gasteiger partial charge in [-0.2, -0.15) is 0 Å². The van der Waals surface area contributed by atoms with E-state index in [0.29, 0.717) is 49.8 Å². The number of nitrogens with two attached hydrogens (primary N) is 1. The molecule has 6 nitrogen and oxygen atoms in total. The van der Waals surface area contributed by atoms with Crippen molar-refractivity contribution in [1.82, 2.24) is 9.80 Å². The summed E-state index contributed by atoms with van der Waals surface area (Å²) in [5.41, 5.74) is 6.29. The van der Waals surface area contributed by atoms with Crippen LogP contribution in [0.4, 0.5) is 4.79 Å². The predicted octanol–water partition coefficient (Wildman–Crippen LogP) is 1.89. The highest BCUT2D eigenvalue weighted by Gasteiger charge is 2.20. The zero-order chi connectivity index (χ0) is 16.8. The maximum atomic E-state index is 12.3. The summed E-state index contributed by atoms with van der Waals surface area (Å²) in [4.78, 5) is 26.9. The van der Waals surface area contributed by atoms with Crippen LogP contribution in [0.3, 0.4) is 0 Å². The highest BCUT2D eigenvalue weighted by molar-refractivity contribution is 6.32. The second-order valence-electron chi connectivity index (χ2n) is 5.53. The van der Waals surface area contributed by atoms with Crippen molar-refractivity contribution in [2.24, 2.45) is 5.73 Å². The van der Waals surface area contributed by atoms with E-state index in [9.17, 15) is 9.59 Å². The quantitative estimate of drug-likeness (QED) is 0.910. The number of hydrogen-bond acceptors (Lipinski definition) is 3. The van der Waals surface area contributed by atoms with Gasteiger partial charge in [0.1, 0.15) is 5.75 Å². The molecule has 0 aromatic heterocycles. The summed E-state index contributed by atoms with van der Waals surface area (Å²) < 4.78 is 5.11. The minimum Gasteiger partial charge on any atom is -0.495 e. The molecule has 0 spiro atoms. The molecule has 1 aliphatic heterocycles. The van der Waals surface area contributed by atoms with Crippen LogP contribution in [0, 0.1) is 0 Å². The number of primary amides is 1. The van der Waals surface area contributed by atoms with Crippen molar-refractivity contribution in [1.29, 1.82) is 0 Å². The van der Waals surface area contributed by atoms with Crippen LogP contribution in [0.5, 0.6) is 5.75 Å². The largest absolute Gasteiger partial charge is 0.495 e. The number of carbonyl (C=O) groups is 2. The number of amides is 3. The number of hydrogen-bond donors (Lipinski definition) is 1. The van der Waals surface area contributed by atoms with Gasteiger partial charge in [-0.25, -0.2) is 4.79 Å². The van der Waals surface area contributed by atoms with Crippen LogP contribution in [-0.2, 0) is 11.2 Å². The van der Waals surface area contributed by atoms with E-state index in [4.69, 9.17) is 22.1 Å². The summed E-state index contributed by atoms with van der Waals surface area (Å²) in [7, 11) is 1.57. The van der Waals surface area contributed by atoms with Crippen molar-refractivity contribution in [2.45, 2.75) is 19.3 Å². The number of aryl methyl sites for hydroxylation is 1. The Labute approximate surface area is 141 Å². The lowest BCUT2D eigenvalue weighted by atomic mass is 10.1. The summed E-state index contributed by atoms with van der Waals surface area (Å²) in [6.07, 6.45) is 1.79. The lowest BCUT2D eigenvalue weighted by Crippen LogP contribution is -2.39. The molecule has 23 heavy (non-hydrogen) atoms. The molecule has 126 valence electrons. The van der Waals surface area contributed by atoms with Crippen LogP contribution >= 0.6 is 11.6 Å². The number of nitrogens with zero attached hydrogens (tertiary/aromatic N) is 2. The van der Waals surface area contributed by atoms with Crippen LogP contribution in [0.15, 0.2) is 18.2 Å². The molecule has 0 radical (unpaired) electrons. The van der Waals surface area contributed by atoms with E-state index < -0.39 is 6.03 Å². The van der Waals surface area contributed by atoms with Gasteiger partial charge in [-0.05, 0) is 30.5 Å². The van der Waals surface area contributed by atoms with E-state index in [1.165, 1.54) is 0 Å². The minimum absolute atomic E-state index is 0.0864. The van der Waals surface area contributed by atoms with E-state index in [1.807, 2.05) is 12.1 Å². The Morgan fingerprint density at radius 1 is 1.22 bits per heavy atom. The molecular formula is C16H22ClN3O3. The molecule has 1 aliphatic rings. The van der Waals surface area contributed by atoms with Gasteiger partial charge in [0.15, 0.2) is 0 Å². The number of rotatable bonds is 4. The Morgan fingerprint density at radius 3 is 2.57 bits per heavy atom. The molecule has 3 amide bonds. The monoisotopic (exact) mass is 339 g/mol. The van der Waals surface area contributed by atoms with E-state index in [0.717, 1.165) is 12.0 Å². The highest BCUT2D eigenvalue weighted by Crippen LogP contribution is 2.25. The fraction of sp³-hybridized carbons (Fsp3) is 0.500. The van der Waals surface area contributed by atoms with Crippen LogP contribution < -0.4 is 10.5 Å². The predicted molar refractivity (Wildman–Crippen MR) is 88.7 cm³/mol. The SMILES string of the molecule is COc1ccc(CCC(=O)N2CCCN(C(N)=O)CC2)cc1Cl. The second-order valence-corrected chi connectivity index (χ2v) is 5.94. The lowest BCUT2D eigenvalue weighted by Gasteiger charge is -2.21. The van der Waals surface area contributed by atoms with E-state index in [1.54, 1.807) is 23.0 Å². The molecule has 1 aromatic rings. The first-order chi connectivity index (χ1) is 11.0. The molecule has 1 heterocycles. The van der Waals surface area contributed by atoms with Gasteiger partial charge in [-0.3, -0.25) is 4.79 Å². The third kappa shape index (κ3) is 4.76. The van der Waals surface area contributed by atoms with Gasteiger partial charge in [0.05, 0.1) is 12.1 Å². The summed E-state index contributed by atoms with van der Waals surface area (Å²) in [5.74, 6) is 0.712. The Hall–Kier alpha value is -1.95. The number of methoxy groups -OCH3 is 1. The molecule has 1 aromatic carbocycles. The summed E-state index contributed by atoms with van der Waals surface area (Å²) in [6, 6.07) is 5.12. The fourth-order valence-electron chi connectivity index (χ4n) is 2.66. The van der Waals surface area contributed by atoms with E-state index in [2.05, 4.69) is 0 Å². The van der Waals surface area contributed by atoms with Gasteiger partial charge >= 0.3 is 6.03 Å². The highest BCUT2D eigenvalue weighted by atomic mass is 35.5. The van der Waals surface area contributed by atoms with Crippen molar-refractivity contribution in [3.8, 4) is 5.75 Å². The van der Waals surface area contributed by atoms with Crippen LogP contribution in [0.25, 0.3) is 0 Å². The van der Waals surface area contributed by atoms with Crippen molar-refractivity contribution in [3.63, 3.8) is 0 Å². The standard InChI is InChI=1S/C16H22ClN3O3/c1-23-14-5-3-12(11-13(14)17)4-6-15(21)19-7-2-8-20(10-9-19)16(18)22/h3,5,11H,2,4,6-10H2,1H3,(H2,18,22). The summed E-state index contributed by atoms with van der Waals surface area (Å²) >= 11 is 6.09. The molecule has 1 fully saturated rings. The Balaban J connectivity index is 1.87. The number of carbonyl (C=O) groups excluding carboxylic acids is 2. The number of ether oxygens (including phenoxy) is 1. The van der Waals surface area contributed by atoms with E-state index in [-0.39, 0.29) is 5.91 Å². The first kappa shape index (κ1) is 17.4. The Kier molecular flexibility index (Phi) is 6.10. The van der Waals surface area contributed by atoms with Crippen molar-refractivity contribution < 1.29 is 14.3 Å². The molecule has 2 N–H and O–H groups in total. The third-order valence-corrected chi connectivity index (χ3v) is 4.30. The van der Waals surface area contributed by atoms with E-state index >= 15 is 0 Å². The topological polar surface area (TPSA) is 75.9 Å². The first-order valence-electron chi connectivity index (χ1n) is 7.66. The summed E-state index contributed by atoms with van der Waals surface area (Å²) in [5, 5.41) is 0.546. The molecular weight excluding hydrogens is 318 g/mol. The molecule has 2 rings (SSSR count). The smallest absolute Gasteiger partial charge is 0.314 e. The molecule has 0 unspecified atom stereocenters. The average Bonchev–Trinajstić information content (AvgIpc) is 2.79. The van der Waals surface area contributed by atoms with Gasteiger partial charge in [-0.1, -0.05) is 17.7 Å². The molecule has 0 bridgehead atoms. The van der Waals surface area contributed by atoms with Gasteiger partial charge in [0.2, 0.25) is 5.91 Å². The average molecular weight is 340 g/mol. The molecule has 0 atom stereocenters. The first-order valence-corrected chi connectivity index (χ1v) is 8.03. The fourth-order valence-corrected chi connectivity index (χ4v) is 2.94. The second kappa shape index (κ2) is 8.06. The van der Waals surface area contributed by atoms with Crippen molar-refractivity contribution >= 4 is 23.5 Å². The van der Waals surface area contributed by atoms with Crippen molar-refractivity contribution in [2.75, 3.05) is 33.3 Å². The van der Waals surface area contributed by atoms with Crippen LogP contribution in [0.2, 0.25) is 5.02 Å². The molecule has 0 aliphatic carbocycles. The minimum atomic E-state index is -0.424. The maximum absolute atomic E-state index is 12.3. The van der Waals surface area contributed by atoms with Crippen molar-refractivity contribution in [3.05, 3.63) is 28.8 Å². The third-order valence-electron chi connectivity index (χ3n) is 4.00. The molecule has 0 saturated carbocycles. The Morgan fingerprint density at radius 2 is 1.91 bits per heavy atom.